The van der Waals surface area contributed by atoms with Crippen LogP contribution in [-0.2, 0) is 20.9 Å². The van der Waals surface area contributed by atoms with Gasteiger partial charge in [-0.2, -0.15) is 0 Å². The second-order valence-electron chi connectivity index (χ2n) is 11.1. The molecule has 2 amide bonds. The zero-order chi connectivity index (χ0) is 29.5. The molecule has 1 aliphatic heterocycles. The molecular weight excluding hydrogens is 534 g/mol. The van der Waals surface area contributed by atoms with Crippen molar-refractivity contribution >= 4 is 18.0 Å². The van der Waals surface area contributed by atoms with E-state index >= 15 is 0 Å². The van der Waals surface area contributed by atoms with Crippen molar-refractivity contribution in [1.82, 2.24) is 15.5 Å². The van der Waals surface area contributed by atoms with E-state index in [-0.39, 0.29) is 19.1 Å². The molecule has 0 spiro atoms. The maximum Gasteiger partial charge on any atom is 0.407 e. The molecule has 1 heterocycles. The Kier molecular flexibility index (Phi) is 9.19. The number of rotatable bonds is 11. The van der Waals surface area contributed by atoms with Gasteiger partial charge in [-0.15, -0.1) is 0 Å². The van der Waals surface area contributed by atoms with Crippen LogP contribution in [0, 0.1) is 0 Å². The number of ether oxygens (including phenoxy) is 1. The minimum absolute atomic E-state index is 0.0512. The summed E-state index contributed by atoms with van der Waals surface area (Å²) >= 11 is 0. The van der Waals surface area contributed by atoms with Crippen molar-refractivity contribution in [2.45, 2.75) is 49.8 Å². The highest BCUT2D eigenvalue weighted by Crippen LogP contribution is 2.44. The Bertz CT molecular complexity index is 1360. The lowest BCUT2D eigenvalue weighted by Gasteiger charge is -2.38. The molecule has 1 atom stereocenters. The van der Waals surface area contributed by atoms with Gasteiger partial charge in [0, 0.05) is 32.1 Å². The topological polar surface area (TPSA) is 128 Å². The molecule has 1 unspecified atom stereocenters. The van der Waals surface area contributed by atoms with Gasteiger partial charge >= 0.3 is 12.1 Å². The number of piperidine rings is 1. The van der Waals surface area contributed by atoms with Gasteiger partial charge in [0.1, 0.15) is 12.6 Å². The third-order valence-corrected chi connectivity index (χ3v) is 8.26. The fourth-order valence-electron chi connectivity index (χ4n) is 5.93. The highest BCUT2D eigenvalue weighted by Gasteiger charge is 2.33. The molecule has 9 nitrogen and oxygen atoms in total. The van der Waals surface area contributed by atoms with Gasteiger partial charge in [0.05, 0.1) is 12.0 Å². The van der Waals surface area contributed by atoms with Crippen molar-refractivity contribution in [3.8, 4) is 11.1 Å². The fourth-order valence-corrected chi connectivity index (χ4v) is 5.93. The number of carboxylic acid groups (broad SMARTS) is 1. The fraction of sp³-hybridized carbons (Fsp3) is 0.364. The third kappa shape index (κ3) is 7.16. The zero-order valence-corrected chi connectivity index (χ0v) is 23.5. The van der Waals surface area contributed by atoms with E-state index in [1.807, 2.05) is 66.7 Å². The highest BCUT2D eigenvalue weighted by atomic mass is 16.5. The summed E-state index contributed by atoms with van der Waals surface area (Å²) in [7, 11) is 0. The Morgan fingerprint density at radius 3 is 2.12 bits per heavy atom. The molecule has 0 radical (unpaired) electrons. The number of nitrogens with zero attached hydrogens (tertiary/aromatic N) is 1. The molecule has 0 saturated carbocycles. The molecule has 3 aromatic carbocycles. The van der Waals surface area contributed by atoms with Crippen molar-refractivity contribution in [3.63, 3.8) is 0 Å². The number of fused-ring (bicyclic) bond motifs is 3. The lowest BCUT2D eigenvalue weighted by Crippen LogP contribution is -2.50. The Morgan fingerprint density at radius 1 is 0.905 bits per heavy atom. The van der Waals surface area contributed by atoms with Gasteiger partial charge in [0.25, 0.3) is 0 Å². The number of benzene rings is 3. The molecule has 9 heteroatoms. The minimum Gasteiger partial charge on any atom is -0.481 e. The number of hydrogen-bond donors (Lipinski definition) is 4. The molecular formula is C33H37N3O6. The largest absolute Gasteiger partial charge is 0.481 e. The molecule has 3 aromatic rings. The van der Waals surface area contributed by atoms with Gasteiger partial charge in [0.2, 0.25) is 5.91 Å². The molecule has 1 saturated heterocycles. The molecule has 0 aromatic heterocycles. The lowest BCUT2D eigenvalue weighted by molar-refractivity contribution is -0.139. The second-order valence-corrected chi connectivity index (χ2v) is 11.1. The number of carboxylic acids is 1. The number of aliphatic hydroxyl groups is 1. The average molecular weight is 572 g/mol. The van der Waals surface area contributed by atoms with Crippen molar-refractivity contribution in [3.05, 3.63) is 95.6 Å². The summed E-state index contributed by atoms with van der Waals surface area (Å²) in [5, 5.41) is 25.5. The van der Waals surface area contributed by atoms with E-state index in [1.165, 1.54) is 5.56 Å². The molecule has 4 N–H and O–H groups in total. The summed E-state index contributed by atoms with van der Waals surface area (Å²) < 4.78 is 5.50. The maximum atomic E-state index is 12.9. The van der Waals surface area contributed by atoms with Crippen molar-refractivity contribution in [2.24, 2.45) is 0 Å². The van der Waals surface area contributed by atoms with E-state index < -0.39 is 36.0 Å². The summed E-state index contributed by atoms with van der Waals surface area (Å²) in [6.45, 7) is 2.52. The predicted octanol–water partition coefficient (Wildman–Crippen LogP) is 3.90. The van der Waals surface area contributed by atoms with Crippen molar-refractivity contribution in [2.75, 3.05) is 26.2 Å². The first-order valence-corrected chi connectivity index (χ1v) is 14.4. The first-order valence-electron chi connectivity index (χ1n) is 14.4. The Labute approximate surface area is 245 Å². The molecule has 5 rings (SSSR count). The summed E-state index contributed by atoms with van der Waals surface area (Å²) in [4.78, 5) is 39.3. The number of carbonyl (C=O) groups is 3. The van der Waals surface area contributed by atoms with E-state index in [9.17, 15) is 24.6 Å². The van der Waals surface area contributed by atoms with Crippen LogP contribution < -0.4 is 10.6 Å². The maximum absolute atomic E-state index is 12.9. The van der Waals surface area contributed by atoms with Gasteiger partial charge in [-0.25, -0.2) is 4.79 Å². The van der Waals surface area contributed by atoms with Gasteiger partial charge in [-0.3, -0.25) is 14.5 Å². The molecule has 2 aliphatic rings. The van der Waals surface area contributed by atoms with E-state index in [1.54, 1.807) is 0 Å². The number of nitrogens with one attached hydrogen (secondary N) is 2. The Balaban J connectivity index is 1.10. The molecule has 42 heavy (non-hydrogen) atoms. The summed E-state index contributed by atoms with van der Waals surface area (Å²) in [6, 6.07) is 24.8. The third-order valence-electron chi connectivity index (χ3n) is 8.26. The van der Waals surface area contributed by atoms with Crippen LogP contribution in [0.1, 0.15) is 48.3 Å². The summed E-state index contributed by atoms with van der Waals surface area (Å²) in [6.07, 6.45) is 0.0401. The molecule has 1 fully saturated rings. The van der Waals surface area contributed by atoms with Gasteiger partial charge in [-0.05, 0) is 47.1 Å². The van der Waals surface area contributed by atoms with Crippen LogP contribution in [0.3, 0.4) is 0 Å². The lowest BCUT2D eigenvalue weighted by atomic mass is 9.88. The number of alkyl carbamates (subject to hydrolysis) is 1. The molecule has 220 valence electrons. The van der Waals surface area contributed by atoms with Crippen LogP contribution >= 0.6 is 0 Å². The minimum atomic E-state index is -1.31. The zero-order valence-electron chi connectivity index (χ0n) is 23.5. The predicted molar refractivity (Wildman–Crippen MR) is 158 cm³/mol. The van der Waals surface area contributed by atoms with E-state index in [4.69, 9.17) is 4.74 Å². The van der Waals surface area contributed by atoms with Crippen LogP contribution in [0.25, 0.3) is 11.1 Å². The van der Waals surface area contributed by atoms with Gasteiger partial charge in [-0.1, -0.05) is 78.9 Å². The number of hydrogen-bond acceptors (Lipinski definition) is 6. The number of aliphatic carboxylic acids is 1. The van der Waals surface area contributed by atoms with Gasteiger partial charge < -0.3 is 25.6 Å². The van der Waals surface area contributed by atoms with Crippen LogP contribution in [0.5, 0.6) is 0 Å². The quantitative estimate of drug-likeness (QED) is 0.275. The second kappa shape index (κ2) is 13.2. The van der Waals surface area contributed by atoms with Gasteiger partial charge in [0.15, 0.2) is 0 Å². The van der Waals surface area contributed by atoms with E-state index in [2.05, 4.69) is 27.7 Å². The first-order chi connectivity index (χ1) is 20.3. The SMILES string of the molecule is O=C(O)CC(NC(=O)OCC1c2ccccc2-c2ccccc21)C(=O)NCCC1(O)CCN(Cc2ccccc2)CC1. The van der Waals surface area contributed by atoms with Crippen LogP contribution in [-0.4, -0.2) is 71.0 Å². The monoisotopic (exact) mass is 571 g/mol. The van der Waals surface area contributed by atoms with E-state index in [0.717, 1.165) is 41.9 Å². The number of carbonyl (C=O) groups excluding carboxylic acids is 2. The Hall–Kier alpha value is -4.21. The number of amides is 2. The average Bonchev–Trinajstić information content (AvgIpc) is 3.31. The Morgan fingerprint density at radius 2 is 1.50 bits per heavy atom. The van der Waals surface area contributed by atoms with Crippen molar-refractivity contribution < 1.29 is 29.3 Å². The normalized spacial score (nSPS) is 16.6. The van der Waals surface area contributed by atoms with Crippen LogP contribution in [0.2, 0.25) is 0 Å². The van der Waals surface area contributed by atoms with Crippen LogP contribution in [0.4, 0.5) is 4.79 Å². The summed E-state index contributed by atoms with van der Waals surface area (Å²) in [5.74, 6) is -2.01. The highest BCUT2D eigenvalue weighted by molar-refractivity contribution is 5.89. The van der Waals surface area contributed by atoms with E-state index in [0.29, 0.717) is 19.3 Å². The first kappa shape index (κ1) is 29.3. The van der Waals surface area contributed by atoms with Crippen molar-refractivity contribution in [1.29, 1.82) is 0 Å². The molecule has 0 bridgehead atoms. The standard InChI is InChI=1S/C33H37N3O6/c37-30(38)20-29(31(39)34-17-14-33(41)15-18-36(19-16-33)21-23-8-2-1-3-9-23)35-32(40)42-22-28-26-12-6-4-10-24(26)25-11-5-7-13-27(25)28/h1-13,28-29,41H,14-22H2,(H,34,39)(H,35,40)(H,37,38). The number of likely N-dealkylation sites (tertiary alicyclic amines) is 1. The van der Waals surface area contributed by atoms with Crippen LogP contribution in [0.15, 0.2) is 78.9 Å². The smallest absolute Gasteiger partial charge is 0.407 e. The summed E-state index contributed by atoms with van der Waals surface area (Å²) in [5.41, 5.74) is 4.60. The molecule has 1 aliphatic carbocycles.